The van der Waals surface area contributed by atoms with Crippen LogP contribution in [0.5, 0.6) is 5.75 Å². The molecule has 0 bridgehead atoms. The zero-order valence-electron chi connectivity index (χ0n) is 22.0. The lowest BCUT2D eigenvalue weighted by Gasteiger charge is -2.49. The second-order valence-electron chi connectivity index (χ2n) is 11.6. The largest absolute Gasteiger partial charge is 0.487 e. The Morgan fingerprint density at radius 2 is 1.61 bits per heavy atom. The Bertz CT molecular complexity index is 1740. The summed E-state index contributed by atoms with van der Waals surface area (Å²) in [6, 6.07) is 24.1. The van der Waals surface area contributed by atoms with E-state index in [0.29, 0.717) is 23.5 Å². The Kier molecular flexibility index (Phi) is 5.19. The van der Waals surface area contributed by atoms with Gasteiger partial charge in [-0.1, -0.05) is 79.2 Å². The van der Waals surface area contributed by atoms with Gasteiger partial charge in [-0.3, -0.25) is 0 Å². The van der Waals surface area contributed by atoms with Gasteiger partial charge >= 0.3 is 0 Å². The van der Waals surface area contributed by atoms with E-state index in [-0.39, 0.29) is 5.60 Å². The number of nitrogens with zero attached hydrogens (tertiary/aromatic N) is 3. The lowest BCUT2D eigenvalue weighted by atomic mass is 9.64. The number of hydrogen-bond donors (Lipinski definition) is 1. The van der Waals surface area contributed by atoms with E-state index in [4.69, 9.17) is 14.7 Å². The van der Waals surface area contributed by atoms with Crippen molar-refractivity contribution in [1.82, 2.24) is 9.97 Å². The summed E-state index contributed by atoms with van der Waals surface area (Å²) >= 11 is 0. The highest BCUT2D eigenvalue weighted by molar-refractivity contribution is 6.15. The normalized spacial score (nSPS) is 22.7. The molecule has 5 aromatic rings. The highest BCUT2D eigenvalue weighted by Gasteiger charge is 2.47. The molecule has 2 heterocycles. The predicted molar refractivity (Wildman–Crippen MR) is 152 cm³/mol. The van der Waals surface area contributed by atoms with Crippen LogP contribution < -0.4 is 4.74 Å². The highest BCUT2D eigenvalue weighted by atomic mass is 16.5. The maximum Gasteiger partial charge on any atom is 0.133 e. The average Bonchev–Trinajstić information content (AvgIpc) is 2.93. The zero-order chi connectivity index (χ0) is 26.0. The maximum atomic E-state index is 9.89. The standard InChI is InChI=1S/C33H31N3O2/c1-19-13-15-25-24(17-19)28-31-30(22-11-7-8-12-23(22)32(28)38-33(25,2)3)34-26-16-14-21(18-27(26)35-31)29(36-37)20-9-5-4-6-10-20/h4-12,14,16,18-19,24-25,37H,13,15,17H2,1-3H3/b36-29-/t19-,24-,25-/m0/s1. The van der Waals surface area contributed by atoms with Gasteiger partial charge in [0.15, 0.2) is 0 Å². The molecule has 1 N–H and O–H groups in total. The summed E-state index contributed by atoms with van der Waals surface area (Å²) in [6.07, 6.45) is 3.52. The lowest BCUT2D eigenvalue weighted by molar-refractivity contribution is -0.0115. The van der Waals surface area contributed by atoms with Gasteiger partial charge < -0.3 is 9.94 Å². The summed E-state index contributed by atoms with van der Waals surface area (Å²) in [5.74, 6) is 2.44. The van der Waals surface area contributed by atoms with Gasteiger partial charge in [-0.2, -0.15) is 0 Å². The van der Waals surface area contributed by atoms with Crippen LogP contribution in [0.4, 0.5) is 0 Å². The van der Waals surface area contributed by atoms with Gasteiger partial charge in [-0.05, 0) is 50.7 Å². The summed E-state index contributed by atoms with van der Waals surface area (Å²) in [5, 5.41) is 15.7. The molecule has 1 saturated carbocycles. The van der Waals surface area contributed by atoms with Crippen LogP contribution in [-0.4, -0.2) is 26.5 Å². The van der Waals surface area contributed by atoms with Crippen molar-refractivity contribution in [1.29, 1.82) is 0 Å². The van der Waals surface area contributed by atoms with E-state index in [0.717, 1.165) is 62.6 Å². The quantitative estimate of drug-likeness (QED) is 0.0879. The van der Waals surface area contributed by atoms with Crippen LogP contribution in [0.25, 0.3) is 32.8 Å². The molecule has 0 amide bonds. The van der Waals surface area contributed by atoms with E-state index in [9.17, 15) is 5.21 Å². The Morgan fingerprint density at radius 1 is 0.868 bits per heavy atom. The molecule has 1 aliphatic carbocycles. The minimum Gasteiger partial charge on any atom is -0.487 e. The van der Waals surface area contributed by atoms with Crippen LogP contribution in [0.3, 0.4) is 0 Å². The smallest absolute Gasteiger partial charge is 0.133 e. The van der Waals surface area contributed by atoms with Crippen molar-refractivity contribution in [2.45, 2.75) is 51.6 Å². The number of hydrogen-bond acceptors (Lipinski definition) is 5. The van der Waals surface area contributed by atoms with Gasteiger partial charge in [0.05, 0.1) is 22.1 Å². The number of aromatic nitrogens is 2. The molecule has 190 valence electrons. The molecular formula is C33H31N3O2. The topological polar surface area (TPSA) is 67.6 Å². The second kappa shape index (κ2) is 8.52. The SMILES string of the molecule is C[C@H]1CC[C@H]2[C@H](C1)c1c(c3ccccc3c3nc4ccc(/C(=N\O)c5ccccc5)cc4nc13)OC2(C)C. The fraction of sp³-hybridized carbons (Fsp3) is 0.303. The lowest BCUT2D eigenvalue weighted by Crippen LogP contribution is -2.46. The van der Waals surface area contributed by atoms with Crippen LogP contribution in [0.1, 0.15) is 62.6 Å². The third-order valence-electron chi connectivity index (χ3n) is 8.75. The van der Waals surface area contributed by atoms with Gasteiger partial charge in [0.2, 0.25) is 0 Å². The highest BCUT2D eigenvalue weighted by Crippen LogP contribution is 2.56. The first-order valence-electron chi connectivity index (χ1n) is 13.6. The fourth-order valence-electron chi connectivity index (χ4n) is 6.92. The molecule has 4 aromatic carbocycles. The number of benzene rings is 4. The molecule has 2 aliphatic rings. The fourth-order valence-corrected chi connectivity index (χ4v) is 6.92. The summed E-state index contributed by atoms with van der Waals surface area (Å²) in [5.41, 5.74) is 6.61. The van der Waals surface area contributed by atoms with Gasteiger partial charge in [-0.25, -0.2) is 9.97 Å². The van der Waals surface area contributed by atoms with E-state index < -0.39 is 0 Å². The zero-order valence-corrected chi connectivity index (χ0v) is 22.0. The van der Waals surface area contributed by atoms with Crippen LogP contribution in [0, 0.1) is 11.8 Å². The first-order valence-corrected chi connectivity index (χ1v) is 13.6. The first-order chi connectivity index (χ1) is 18.4. The van der Waals surface area contributed by atoms with Crippen molar-refractivity contribution in [2.24, 2.45) is 17.0 Å². The number of ether oxygens (including phenoxy) is 1. The van der Waals surface area contributed by atoms with Gasteiger partial charge in [0.1, 0.15) is 17.1 Å². The van der Waals surface area contributed by atoms with E-state index in [1.807, 2.05) is 48.5 Å². The predicted octanol–water partition coefficient (Wildman–Crippen LogP) is 7.85. The third kappa shape index (κ3) is 3.48. The van der Waals surface area contributed by atoms with E-state index in [1.165, 1.54) is 12.0 Å². The average molecular weight is 502 g/mol. The van der Waals surface area contributed by atoms with Gasteiger partial charge in [0.25, 0.3) is 0 Å². The van der Waals surface area contributed by atoms with E-state index in [2.05, 4.69) is 50.2 Å². The molecule has 1 aliphatic heterocycles. The molecule has 38 heavy (non-hydrogen) atoms. The van der Waals surface area contributed by atoms with Crippen LogP contribution in [-0.2, 0) is 0 Å². The molecule has 0 unspecified atom stereocenters. The van der Waals surface area contributed by atoms with Gasteiger partial charge in [-0.15, -0.1) is 0 Å². The van der Waals surface area contributed by atoms with Crippen LogP contribution in [0.2, 0.25) is 0 Å². The van der Waals surface area contributed by atoms with E-state index in [1.54, 1.807) is 0 Å². The number of rotatable bonds is 2. The molecule has 7 rings (SSSR count). The van der Waals surface area contributed by atoms with Crippen molar-refractivity contribution < 1.29 is 9.94 Å². The van der Waals surface area contributed by atoms with Crippen molar-refractivity contribution in [2.75, 3.05) is 0 Å². The molecule has 1 fully saturated rings. The molecule has 3 atom stereocenters. The summed E-state index contributed by atoms with van der Waals surface area (Å²) in [4.78, 5) is 10.5. The molecular weight excluding hydrogens is 470 g/mol. The molecule has 5 nitrogen and oxygen atoms in total. The molecule has 1 aromatic heterocycles. The summed E-state index contributed by atoms with van der Waals surface area (Å²) in [6.45, 7) is 6.87. The summed E-state index contributed by atoms with van der Waals surface area (Å²) in [7, 11) is 0. The minimum absolute atomic E-state index is 0.242. The molecule has 0 spiro atoms. The first kappa shape index (κ1) is 23.2. The van der Waals surface area contributed by atoms with Gasteiger partial charge in [0, 0.05) is 33.4 Å². The van der Waals surface area contributed by atoms with Crippen LogP contribution >= 0.6 is 0 Å². The van der Waals surface area contributed by atoms with Crippen molar-refractivity contribution in [3.8, 4) is 5.75 Å². The van der Waals surface area contributed by atoms with Crippen molar-refractivity contribution >= 4 is 38.6 Å². The third-order valence-corrected chi connectivity index (χ3v) is 8.75. The summed E-state index contributed by atoms with van der Waals surface area (Å²) < 4.78 is 6.87. The Balaban J connectivity index is 1.52. The van der Waals surface area contributed by atoms with E-state index >= 15 is 0 Å². The molecule has 5 heteroatoms. The second-order valence-corrected chi connectivity index (χ2v) is 11.6. The maximum absolute atomic E-state index is 9.89. The molecule has 0 radical (unpaired) electrons. The Labute approximate surface area is 222 Å². The molecule has 0 saturated heterocycles. The Hall–Kier alpha value is -3.99. The minimum atomic E-state index is -0.242. The van der Waals surface area contributed by atoms with Crippen molar-refractivity contribution in [3.63, 3.8) is 0 Å². The van der Waals surface area contributed by atoms with Crippen LogP contribution in [0.15, 0.2) is 78.0 Å². The van der Waals surface area contributed by atoms with Crippen molar-refractivity contribution in [3.05, 3.63) is 89.5 Å². The Morgan fingerprint density at radius 3 is 2.39 bits per heavy atom. The number of oxime groups is 1. The monoisotopic (exact) mass is 501 g/mol. The number of fused-ring (bicyclic) bond motifs is 9.